The summed E-state index contributed by atoms with van der Waals surface area (Å²) in [5.41, 5.74) is 0.859. The predicted molar refractivity (Wildman–Crippen MR) is 114 cm³/mol. The fraction of sp³-hybridized carbons (Fsp3) is 0.136. The quantitative estimate of drug-likeness (QED) is 0.547. The lowest BCUT2D eigenvalue weighted by Crippen LogP contribution is -2.35. The minimum absolute atomic E-state index is 0.0959. The first-order chi connectivity index (χ1) is 14.8. The van der Waals surface area contributed by atoms with Crippen LogP contribution in [-0.2, 0) is 24.3 Å². The van der Waals surface area contributed by atoms with Gasteiger partial charge in [-0.25, -0.2) is 8.42 Å². The highest BCUT2D eigenvalue weighted by molar-refractivity contribution is 7.89. The number of nitrogens with zero attached hydrogens (tertiary/aromatic N) is 1. The molecule has 3 rings (SSSR count). The van der Waals surface area contributed by atoms with Gasteiger partial charge in [0.25, 0.3) is 5.91 Å². The number of nitrogens with one attached hydrogen (secondary N) is 2. The van der Waals surface area contributed by atoms with Gasteiger partial charge in [0, 0.05) is 5.69 Å². The summed E-state index contributed by atoms with van der Waals surface area (Å²) in [7, 11) is -3.97. The van der Waals surface area contributed by atoms with Gasteiger partial charge < -0.3 is 10.1 Å². The normalized spacial score (nSPS) is 12.0. The predicted octanol–water partition coefficient (Wildman–Crippen LogP) is 2.56. The van der Waals surface area contributed by atoms with Crippen molar-refractivity contribution in [1.29, 1.82) is 5.26 Å². The fourth-order valence-corrected chi connectivity index (χ4v) is 3.72. The molecule has 0 unspecified atom stereocenters. The van der Waals surface area contributed by atoms with Gasteiger partial charge in [0.05, 0.1) is 16.5 Å². The summed E-state index contributed by atoms with van der Waals surface area (Å²) in [6.45, 7) is 0.749. The lowest BCUT2D eigenvalue weighted by Gasteiger charge is -2.14. The number of hydrogen-bond acceptors (Lipinski definition) is 6. The van der Waals surface area contributed by atoms with Crippen LogP contribution in [0.5, 0.6) is 0 Å². The highest BCUT2D eigenvalue weighted by Gasteiger charge is 2.21. The zero-order valence-corrected chi connectivity index (χ0v) is 17.3. The number of carbonyl (C=O) groups excluding carboxylic acids is 2. The Morgan fingerprint density at radius 2 is 1.71 bits per heavy atom. The monoisotopic (exact) mass is 437 g/mol. The zero-order chi connectivity index (χ0) is 22.4. The minimum atomic E-state index is -3.97. The molecule has 8 nitrogen and oxygen atoms in total. The number of sulfonamides is 1. The summed E-state index contributed by atoms with van der Waals surface area (Å²) in [5, 5.41) is 13.4. The molecular weight excluding hydrogens is 418 g/mol. The molecule has 31 heavy (non-hydrogen) atoms. The third kappa shape index (κ3) is 5.66. The van der Waals surface area contributed by atoms with Crippen molar-refractivity contribution in [3.63, 3.8) is 0 Å². The van der Waals surface area contributed by atoms with Crippen LogP contribution in [0.15, 0.2) is 71.6 Å². The molecule has 0 radical (unpaired) electrons. The molecule has 0 saturated heterocycles. The third-order valence-electron chi connectivity index (χ3n) is 4.39. The van der Waals surface area contributed by atoms with Crippen LogP contribution in [0.3, 0.4) is 0 Å². The van der Waals surface area contributed by atoms with Gasteiger partial charge in [-0.2, -0.15) is 9.98 Å². The van der Waals surface area contributed by atoms with Crippen LogP contribution in [0.2, 0.25) is 0 Å². The molecule has 0 aromatic heterocycles. The number of amides is 1. The van der Waals surface area contributed by atoms with Crippen LogP contribution in [0.4, 0.5) is 5.69 Å². The van der Waals surface area contributed by atoms with Crippen molar-refractivity contribution >= 4 is 38.4 Å². The van der Waals surface area contributed by atoms with Crippen LogP contribution < -0.4 is 10.0 Å². The Morgan fingerprint density at radius 1 is 1.03 bits per heavy atom. The van der Waals surface area contributed by atoms with E-state index in [1.165, 1.54) is 31.2 Å². The molecule has 0 spiro atoms. The molecule has 0 saturated carbocycles. The van der Waals surface area contributed by atoms with Crippen molar-refractivity contribution in [2.75, 3.05) is 11.9 Å². The maximum absolute atomic E-state index is 12.3. The molecule has 0 fully saturated rings. The zero-order valence-electron chi connectivity index (χ0n) is 16.5. The highest BCUT2D eigenvalue weighted by atomic mass is 32.2. The van der Waals surface area contributed by atoms with Gasteiger partial charge in [0.1, 0.15) is 6.54 Å². The number of anilines is 1. The highest BCUT2D eigenvalue weighted by Crippen LogP contribution is 2.19. The summed E-state index contributed by atoms with van der Waals surface area (Å²) in [6, 6.07) is 20.2. The van der Waals surface area contributed by atoms with Gasteiger partial charge in [-0.1, -0.05) is 30.3 Å². The topological polar surface area (TPSA) is 125 Å². The maximum Gasteiger partial charge on any atom is 0.321 e. The van der Waals surface area contributed by atoms with E-state index in [1.807, 2.05) is 36.4 Å². The van der Waals surface area contributed by atoms with Gasteiger partial charge in [-0.15, -0.1) is 0 Å². The standard InChI is InChI=1S/C22H19N3O5S/c1-15(22(27)25-19-9-8-17-4-2-3-5-18(17)12-19)30-21(26)14-24-31(28,29)20-10-6-16(13-23)7-11-20/h2-12,15,24H,14H2,1H3,(H,25,27)/t15-/m1/s1. The van der Waals surface area contributed by atoms with E-state index < -0.39 is 34.5 Å². The summed E-state index contributed by atoms with van der Waals surface area (Å²) < 4.78 is 31.6. The summed E-state index contributed by atoms with van der Waals surface area (Å²) in [4.78, 5) is 24.2. The first-order valence-corrected chi connectivity index (χ1v) is 10.8. The number of carbonyl (C=O) groups is 2. The van der Waals surface area contributed by atoms with Crippen molar-refractivity contribution in [1.82, 2.24) is 4.72 Å². The molecule has 0 aliphatic heterocycles. The Balaban J connectivity index is 1.54. The van der Waals surface area contributed by atoms with E-state index in [4.69, 9.17) is 10.00 Å². The average molecular weight is 437 g/mol. The fourth-order valence-electron chi connectivity index (χ4n) is 2.75. The molecule has 1 atom stereocenters. The van der Waals surface area contributed by atoms with Gasteiger partial charge >= 0.3 is 5.97 Å². The molecular formula is C22H19N3O5S. The maximum atomic E-state index is 12.3. The summed E-state index contributed by atoms with van der Waals surface area (Å²) >= 11 is 0. The number of ether oxygens (including phenoxy) is 1. The number of nitriles is 1. The van der Waals surface area contributed by atoms with E-state index in [9.17, 15) is 18.0 Å². The van der Waals surface area contributed by atoms with Gasteiger partial charge in [0.2, 0.25) is 10.0 Å². The average Bonchev–Trinajstić information content (AvgIpc) is 2.77. The van der Waals surface area contributed by atoms with Crippen molar-refractivity contribution in [2.45, 2.75) is 17.9 Å². The molecule has 2 N–H and O–H groups in total. The smallest absolute Gasteiger partial charge is 0.321 e. The van der Waals surface area contributed by atoms with Gasteiger partial charge in [-0.3, -0.25) is 9.59 Å². The number of rotatable bonds is 7. The SMILES string of the molecule is C[C@@H](OC(=O)CNS(=O)(=O)c1ccc(C#N)cc1)C(=O)Nc1ccc2ccccc2c1. The first-order valence-electron chi connectivity index (χ1n) is 9.27. The molecule has 3 aromatic rings. The molecule has 158 valence electrons. The second kappa shape index (κ2) is 9.38. The molecule has 0 bridgehead atoms. The molecule has 1 amide bonds. The minimum Gasteiger partial charge on any atom is -0.452 e. The second-order valence-electron chi connectivity index (χ2n) is 6.64. The van der Waals surface area contributed by atoms with E-state index in [0.717, 1.165) is 10.8 Å². The van der Waals surface area contributed by atoms with Crippen LogP contribution in [-0.4, -0.2) is 32.9 Å². The molecule has 9 heteroatoms. The lowest BCUT2D eigenvalue weighted by atomic mass is 10.1. The number of esters is 1. The molecule has 3 aromatic carbocycles. The van der Waals surface area contributed by atoms with E-state index >= 15 is 0 Å². The molecule has 0 heterocycles. The summed E-state index contributed by atoms with van der Waals surface area (Å²) in [5.74, 6) is -1.45. The van der Waals surface area contributed by atoms with Crippen LogP contribution in [0.25, 0.3) is 10.8 Å². The van der Waals surface area contributed by atoms with Gasteiger partial charge in [0.15, 0.2) is 6.10 Å². The van der Waals surface area contributed by atoms with Crippen LogP contribution in [0.1, 0.15) is 12.5 Å². The Bertz CT molecular complexity index is 1260. The molecule has 0 aliphatic rings. The van der Waals surface area contributed by atoms with E-state index in [1.54, 1.807) is 12.1 Å². The Hall–Kier alpha value is -3.74. The van der Waals surface area contributed by atoms with Crippen LogP contribution in [0, 0.1) is 11.3 Å². The van der Waals surface area contributed by atoms with E-state index in [0.29, 0.717) is 11.3 Å². The van der Waals surface area contributed by atoms with Crippen molar-refractivity contribution in [3.05, 3.63) is 72.3 Å². The Kier molecular flexibility index (Phi) is 6.65. The largest absolute Gasteiger partial charge is 0.452 e. The van der Waals surface area contributed by atoms with Crippen LogP contribution >= 0.6 is 0 Å². The van der Waals surface area contributed by atoms with Crippen molar-refractivity contribution < 1.29 is 22.7 Å². The van der Waals surface area contributed by atoms with E-state index in [-0.39, 0.29) is 4.90 Å². The number of hydrogen-bond donors (Lipinski definition) is 2. The Morgan fingerprint density at radius 3 is 2.39 bits per heavy atom. The van der Waals surface area contributed by atoms with E-state index in [2.05, 4.69) is 10.0 Å². The van der Waals surface area contributed by atoms with Gasteiger partial charge in [-0.05, 0) is 54.1 Å². The van der Waals surface area contributed by atoms with Crippen molar-refractivity contribution in [3.8, 4) is 6.07 Å². The lowest BCUT2D eigenvalue weighted by molar-refractivity contribution is -0.151. The Labute approximate surface area is 179 Å². The summed E-state index contributed by atoms with van der Waals surface area (Å²) in [6.07, 6.45) is -1.13. The second-order valence-corrected chi connectivity index (χ2v) is 8.41. The first kappa shape index (κ1) is 22.0. The number of benzene rings is 3. The number of fused-ring (bicyclic) bond motifs is 1. The third-order valence-corrected chi connectivity index (χ3v) is 5.81. The molecule has 0 aliphatic carbocycles. The van der Waals surface area contributed by atoms with Crippen molar-refractivity contribution in [2.24, 2.45) is 0 Å².